The number of nitrogens with zero attached hydrogens (tertiary/aromatic N) is 1. The molecule has 1 aliphatic carbocycles. The maximum atomic E-state index is 3.86. The van der Waals surface area contributed by atoms with E-state index in [9.17, 15) is 0 Å². The van der Waals surface area contributed by atoms with E-state index in [2.05, 4.69) is 211 Å². The summed E-state index contributed by atoms with van der Waals surface area (Å²) in [6.07, 6.45) is 0. The summed E-state index contributed by atoms with van der Waals surface area (Å²) in [4.78, 5) is 2.39. The number of para-hydroxylation sites is 1. The lowest BCUT2D eigenvalue weighted by molar-refractivity contribution is 0.837. The van der Waals surface area contributed by atoms with Crippen molar-refractivity contribution in [3.63, 3.8) is 0 Å². The van der Waals surface area contributed by atoms with Crippen molar-refractivity contribution in [2.75, 3.05) is 4.90 Å². The van der Waals surface area contributed by atoms with Crippen LogP contribution in [0.3, 0.4) is 0 Å². The molecule has 9 rings (SSSR count). The average Bonchev–Trinajstić information content (AvgIpc) is 3.49. The molecule has 0 amide bonds. The Bertz CT molecular complexity index is 2520. The second-order valence-electron chi connectivity index (χ2n) is 12.8. The van der Waals surface area contributed by atoms with E-state index in [1.54, 1.807) is 0 Å². The van der Waals surface area contributed by atoms with Gasteiger partial charge in [-0.3, -0.25) is 0 Å². The summed E-state index contributed by atoms with van der Waals surface area (Å²) in [5, 5.41) is 2.50. The van der Waals surface area contributed by atoms with Gasteiger partial charge in [-0.25, -0.2) is 0 Å². The lowest BCUT2D eigenvalue weighted by Crippen LogP contribution is -2.25. The number of hydrogen-bond donors (Lipinski definition) is 0. The van der Waals surface area contributed by atoms with Gasteiger partial charge >= 0.3 is 0 Å². The van der Waals surface area contributed by atoms with Gasteiger partial charge in [0.2, 0.25) is 0 Å². The molecule has 50 heavy (non-hydrogen) atoms. The Morgan fingerprint density at radius 2 is 1.02 bits per heavy atom. The van der Waals surface area contributed by atoms with Gasteiger partial charge in [-0.2, -0.15) is 0 Å². The first-order chi connectivity index (χ1) is 24.8. The van der Waals surface area contributed by atoms with Crippen LogP contribution in [0.2, 0.25) is 0 Å². The van der Waals surface area contributed by atoms with Crippen LogP contribution in [-0.2, 0) is 5.41 Å². The maximum Gasteiger partial charge on any atom is 0.108 e. The number of rotatable bonds is 5. The van der Waals surface area contributed by atoms with E-state index in [0.717, 1.165) is 28.2 Å². The summed E-state index contributed by atoms with van der Waals surface area (Å²) in [6.45, 7) is 0. The molecule has 0 heterocycles. The van der Waals surface area contributed by atoms with Gasteiger partial charge < -0.3 is 4.90 Å². The fourth-order valence-electron chi connectivity index (χ4n) is 7.56. The molecule has 1 heteroatoms. The molecule has 0 saturated carbocycles. The van der Waals surface area contributed by atoms with E-state index in [1.165, 1.54) is 44.2 Å². The third-order valence-electron chi connectivity index (χ3n) is 9.89. The lowest BCUT2D eigenvalue weighted by Gasteiger charge is -2.30. The number of anilines is 3. The van der Waals surface area contributed by atoms with Crippen molar-refractivity contribution in [2.45, 2.75) is 5.41 Å². The topological polar surface area (TPSA) is 3.24 Å². The van der Waals surface area contributed by atoms with E-state index in [1.807, 2.05) is 6.07 Å². The van der Waals surface area contributed by atoms with Crippen molar-refractivity contribution < 1.29 is 0 Å². The van der Waals surface area contributed by atoms with Crippen LogP contribution in [0.5, 0.6) is 0 Å². The normalized spacial score (nSPS) is 14.3. The van der Waals surface area contributed by atoms with Crippen LogP contribution in [0.1, 0.15) is 22.3 Å². The van der Waals surface area contributed by atoms with Crippen molar-refractivity contribution in [3.05, 3.63) is 222 Å². The highest BCUT2D eigenvalue weighted by Gasteiger charge is 2.45. The Morgan fingerprint density at radius 1 is 0.420 bits per heavy atom. The first-order valence-corrected chi connectivity index (χ1v) is 17.1. The molecule has 0 N–H and O–H groups in total. The standard InChI is InChI=1S/C49H33N/c1-4-15-36(16-5-1)33-34-49(41-19-6-2-7-20-41)45-24-13-12-23-44(45)48-46(49)25-14-26-47(48)50(42-21-8-3-9-22-42)43-31-29-38(30-32-43)40-28-27-37-17-10-11-18-39(37)35-40/h1-32,35H. The van der Waals surface area contributed by atoms with Crippen LogP contribution in [0.15, 0.2) is 200 Å². The third-order valence-corrected chi connectivity index (χ3v) is 9.89. The van der Waals surface area contributed by atoms with Gasteiger partial charge in [0.05, 0.1) is 5.69 Å². The van der Waals surface area contributed by atoms with Crippen molar-refractivity contribution >= 4 is 27.8 Å². The van der Waals surface area contributed by atoms with Crippen molar-refractivity contribution in [3.8, 4) is 34.1 Å². The quantitative estimate of drug-likeness (QED) is 0.170. The van der Waals surface area contributed by atoms with E-state index in [0.29, 0.717) is 0 Å². The third kappa shape index (κ3) is 4.98. The van der Waals surface area contributed by atoms with Crippen LogP contribution in [0.4, 0.5) is 17.1 Å². The van der Waals surface area contributed by atoms with Crippen molar-refractivity contribution in [1.82, 2.24) is 0 Å². The van der Waals surface area contributed by atoms with Gasteiger partial charge in [-0.05, 0) is 92.7 Å². The predicted molar refractivity (Wildman–Crippen MR) is 209 cm³/mol. The maximum absolute atomic E-state index is 3.86. The molecule has 1 nitrogen and oxygen atoms in total. The highest BCUT2D eigenvalue weighted by molar-refractivity contribution is 5.97. The summed E-state index contributed by atoms with van der Waals surface area (Å²) in [6, 6.07) is 71.5. The van der Waals surface area contributed by atoms with Crippen LogP contribution in [0.25, 0.3) is 33.0 Å². The van der Waals surface area contributed by atoms with Gasteiger partial charge in [-0.1, -0.05) is 164 Å². The molecule has 1 atom stereocenters. The highest BCUT2D eigenvalue weighted by Crippen LogP contribution is 2.56. The Morgan fingerprint density at radius 3 is 1.80 bits per heavy atom. The van der Waals surface area contributed by atoms with Gasteiger partial charge in [0.15, 0.2) is 0 Å². The molecule has 0 spiro atoms. The zero-order valence-electron chi connectivity index (χ0n) is 27.5. The SMILES string of the molecule is C(#CC1(c2ccccc2)c2ccccc2-c2c(N(c3ccccc3)c3ccc(-c4ccc5ccccc5c4)cc3)cccc21)c1ccccc1. The Labute approximate surface area is 293 Å². The zero-order valence-corrected chi connectivity index (χ0v) is 27.5. The molecule has 1 unspecified atom stereocenters. The molecule has 0 saturated heterocycles. The summed E-state index contributed by atoms with van der Waals surface area (Å²) >= 11 is 0. The van der Waals surface area contributed by atoms with Gasteiger partial charge in [-0.15, -0.1) is 0 Å². The van der Waals surface area contributed by atoms with E-state index < -0.39 is 5.41 Å². The molecule has 8 aromatic rings. The van der Waals surface area contributed by atoms with Gasteiger partial charge in [0, 0.05) is 22.5 Å². The number of fused-ring (bicyclic) bond motifs is 4. The molecule has 0 bridgehead atoms. The largest absolute Gasteiger partial charge is 0.310 e. The van der Waals surface area contributed by atoms with Crippen LogP contribution in [0, 0.1) is 11.8 Å². The van der Waals surface area contributed by atoms with E-state index in [-0.39, 0.29) is 0 Å². The molecule has 0 fully saturated rings. The second-order valence-corrected chi connectivity index (χ2v) is 12.8. The summed E-state index contributed by atoms with van der Waals surface area (Å²) < 4.78 is 0. The molecule has 0 aromatic heterocycles. The highest BCUT2D eigenvalue weighted by atomic mass is 15.1. The molecule has 234 valence electrons. The molecule has 0 aliphatic heterocycles. The van der Waals surface area contributed by atoms with Crippen LogP contribution >= 0.6 is 0 Å². The number of hydrogen-bond acceptors (Lipinski definition) is 1. The molecule has 0 radical (unpaired) electrons. The monoisotopic (exact) mass is 635 g/mol. The minimum absolute atomic E-state index is 0.651. The van der Waals surface area contributed by atoms with Crippen LogP contribution < -0.4 is 4.90 Å². The summed E-state index contributed by atoms with van der Waals surface area (Å²) in [5.74, 6) is 7.44. The molecular formula is C49H33N. The van der Waals surface area contributed by atoms with Gasteiger partial charge in [0.25, 0.3) is 0 Å². The average molecular weight is 636 g/mol. The second kappa shape index (κ2) is 12.4. The van der Waals surface area contributed by atoms with Crippen molar-refractivity contribution in [2.24, 2.45) is 0 Å². The lowest BCUT2D eigenvalue weighted by atomic mass is 9.73. The van der Waals surface area contributed by atoms with Crippen LogP contribution in [-0.4, -0.2) is 0 Å². The zero-order chi connectivity index (χ0) is 33.3. The van der Waals surface area contributed by atoms with Crippen molar-refractivity contribution in [1.29, 1.82) is 0 Å². The molecule has 8 aromatic carbocycles. The number of benzene rings is 8. The smallest absolute Gasteiger partial charge is 0.108 e. The van der Waals surface area contributed by atoms with Gasteiger partial charge in [0.1, 0.15) is 5.41 Å². The Kier molecular flexibility index (Phi) is 7.34. The Hall–Kier alpha value is -6.62. The Balaban J connectivity index is 1.25. The fourth-order valence-corrected chi connectivity index (χ4v) is 7.56. The predicted octanol–water partition coefficient (Wildman–Crippen LogP) is 12.3. The molecular weight excluding hydrogens is 603 g/mol. The first-order valence-electron chi connectivity index (χ1n) is 17.1. The molecule has 1 aliphatic rings. The minimum Gasteiger partial charge on any atom is -0.310 e. The minimum atomic E-state index is -0.651. The summed E-state index contributed by atoms with van der Waals surface area (Å²) in [5.41, 5.74) is 12.0. The first kappa shape index (κ1) is 29.5. The van der Waals surface area contributed by atoms with E-state index >= 15 is 0 Å². The van der Waals surface area contributed by atoms with E-state index in [4.69, 9.17) is 0 Å². The summed E-state index contributed by atoms with van der Waals surface area (Å²) in [7, 11) is 0. The fraction of sp³-hybridized carbons (Fsp3) is 0.0204.